The summed E-state index contributed by atoms with van der Waals surface area (Å²) in [6.45, 7) is 5.47. The molecule has 0 atom stereocenters. The third kappa shape index (κ3) is 3.87. The summed E-state index contributed by atoms with van der Waals surface area (Å²) in [6, 6.07) is 14.1. The molecule has 2 aromatic rings. The first kappa shape index (κ1) is 16.1. The summed E-state index contributed by atoms with van der Waals surface area (Å²) in [5.74, 6) is -0.390. The highest BCUT2D eigenvalue weighted by atomic mass is 35.5. The Labute approximate surface area is 135 Å². The number of rotatable bonds is 2. The lowest BCUT2D eigenvalue weighted by Crippen LogP contribution is -2.23. The largest absolute Gasteiger partial charge is 0.456 e. The van der Waals surface area contributed by atoms with E-state index >= 15 is 0 Å². The topological polar surface area (TPSA) is 50.1 Å². The number of esters is 1. The number of hydrogen-bond donors (Lipinski definition) is 0. The van der Waals surface area contributed by atoms with Gasteiger partial charge in [-0.25, -0.2) is 4.79 Å². The number of nitrogens with zero attached hydrogens (tertiary/aromatic N) is 1. The lowest BCUT2D eigenvalue weighted by atomic mass is 10.0. The fourth-order valence-corrected chi connectivity index (χ4v) is 2.16. The van der Waals surface area contributed by atoms with Crippen molar-refractivity contribution in [2.75, 3.05) is 0 Å². The van der Waals surface area contributed by atoms with Crippen molar-refractivity contribution >= 4 is 17.6 Å². The number of halogens is 1. The Morgan fingerprint density at radius 1 is 1.14 bits per heavy atom. The lowest BCUT2D eigenvalue weighted by Gasteiger charge is -2.19. The smallest absolute Gasteiger partial charge is 0.338 e. The zero-order valence-corrected chi connectivity index (χ0v) is 13.4. The van der Waals surface area contributed by atoms with E-state index in [-0.39, 0.29) is 5.97 Å². The predicted octanol–water partition coefficient (Wildman–Crippen LogP) is 4.83. The zero-order chi connectivity index (χ0) is 16.3. The molecule has 0 saturated carbocycles. The Bertz CT molecular complexity index is 737. The van der Waals surface area contributed by atoms with Crippen molar-refractivity contribution in [2.45, 2.75) is 26.4 Å². The maximum atomic E-state index is 12.1. The monoisotopic (exact) mass is 313 g/mol. The van der Waals surface area contributed by atoms with Crippen LogP contribution in [0.5, 0.6) is 0 Å². The first-order valence-corrected chi connectivity index (χ1v) is 7.21. The normalized spacial score (nSPS) is 10.9. The summed E-state index contributed by atoms with van der Waals surface area (Å²) in [5, 5.41) is 9.38. The highest BCUT2D eigenvalue weighted by molar-refractivity contribution is 6.33. The van der Waals surface area contributed by atoms with Crippen LogP contribution in [-0.2, 0) is 4.74 Å². The second-order valence-electron chi connectivity index (χ2n) is 5.89. The molecule has 4 heteroatoms. The minimum Gasteiger partial charge on any atom is -0.456 e. The lowest BCUT2D eigenvalue weighted by molar-refractivity contribution is 0.00696. The Morgan fingerprint density at radius 3 is 2.32 bits per heavy atom. The van der Waals surface area contributed by atoms with Gasteiger partial charge in [0.25, 0.3) is 0 Å². The van der Waals surface area contributed by atoms with Gasteiger partial charge in [-0.2, -0.15) is 5.26 Å². The maximum Gasteiger partial charge on any atom is 0.338 e. The van der Waals surface area contributed by atoms with Gasteiger partial charge in [-0.15, -0.1) is 0 Å². The number of nitriles is 1. The third-order valence-corrected chi connectivity index (χ3v) is 3.26. The van der Waals surface area contributed by atoms with Crippen molar-refractivity contribution in [1.82, 2.24) is 0 Å². The molecule has 0 heterocycles. The van der Waals surface area contributed by atoms with Crippen LogP contribution in [0.3, 0.4) is 0 Å². The van der Waals surface area contributed by atoms with E-state index in [1.807, 2.05) is 20.8 Å². The molecule has 0 amide bonds. The van der Waals surface area contributed by atoms with Crippen LogP contribution in [0.15, 0.2) is 42.5 Å². The summed E-state index contributed by atoms with van der Waals surface area (Å²) in [4.78, 5) is 12.1. The van der Waals surface area contributed by atoms with Crippen LogP contribution < -0.4 is 0 Å². The van der Waals surface area contributed by atoms with Crippen molar-refractivity contribution in [2.24, 2.45) is 0 Å². The van der Waals surface area contributed by atoms with Crippen LogP contribution in [0, 0.1) is 11.3 Å². The molecule has 0 aromatic heterocycles. The molecule has 22 heavy (non-hydrogen) atoms. The maximum absolute atomic E-state index is 12.1. The van der Waals surface area contributed by atoms with Crippen molar-refractivity contribution in [1.29, 1.82) is 5.26 Å². The van der Waals surface area contributed by atoms with Gasteiger partial charge in [-0.1, -0.05) is 23.7 Å². The van der Waals surface area contributed by atoms with E-state index in [0.29, 0.717) is 16.1 Å². The van der Waals surface area contributed by atoms with E-state index in [1.54, 1.807) is 42.5 Å². The second kappa shape index (κ2) is 6.21. The fourth-order valence-electron chi connectivity index (χ4n) is 1.93. The molecule has 0 N–H and O–H groups in total. The Kier molecular flexibility index (Phi) is 4.54. The van der Waals surface area contributed by atoms with E-state index in [2.05, 4.69) is 6.07 Å². The van der Waals surface area contributed by atoms with Crippen molar-refractivity contribution in [3.8, 4) is 17.2 Å². The Balaban J connectivity index is 2.38. The van der Waals surface area contributed by atoms with E-state index < -0.39 is 5.60 Å². The SMILES string of the molecule is CC(C)(C)OC(=O)c1ccc(Cl)c(-c2ccc(C#N)cc2)c1. The van der Waals surface area contributed by atoms with Gasteiger partial charge in [0.2, 0.25) is 0 Å². The molecule has 0 saturated heterocycles. The van der Waals surface area contributed by atoms with Crippen molar-refractivity contribution in [3.63, 3.8) is 0 Å². The number of hydrogen-bond acceptors (Lipinski definition) is 3. The first-order chi connectivity index (χ1) is 10.3. The van der Waals surface area contributed by atoms with E-state index in [4.69, 9.17) is 21.6 Å². The van der Waals surface area contributed by atoms with E-state index in [1.165, 1.54) is 0 Å². The third-order valence-electron chi connectivity index (χ3n) is 2.93. The van der Waals surface area contributed by atoms with Gasteiger partial charge in [-0.05, 0) is 56.7 Å². The van der Waals surface area contributed by atoms with Crippen LogP contribution in [0.1, 0.15) is 36.7 Å². The van der Waals surface area contributed by atoms with Crippen molar-refractivity contribution in [3.05, 3.63) is 58.6 Å². The van der Waals surface area contributed by atoms with Crippen molar-refractivity contribution < 1.29 is 9.53 Å². The van der Waals surface area contributed by atoms with Gasteiger partial charge in [-0.3, -0.25) is 0 Å². The molecule has 0 bridgehead atoms. The van der Waals surface area contributed by atoms with Crippen LogP contribution in [-0.4, -0.2) is 11.6 Å². The molecule has 0 radical (unpaired) electrons. The van der Waals surface area contributed by atoms with Gasteiger partial charge >= 0.3 is 5.97 Å². The molecule has 2 rings (SSSR count). The van der Waals surface area contributed by atoms with Crippen LogP contribution >= 0.6 is 11.6 Å². The number of carbonyl (C=O) groups is 1. The molecule has 112 valence electrons. The van der Waals surface area contributed by atoms with Crippen LogP contribution in [0.4, 0.5) is 0 Å². The van der Waals surface area contributed by atoms with Gasteiger partial charge < -0.3 is 4.74 Å². The van der Waals surface area contributed by atoms with Gasteiger partial charge in [0.1, 0.15) is 5.60 Å². The average Bonchev–Trinajstić information content (AvgIpc) is 2.46. The quantitative estimate of drug-likeness (QED) is 0.746. The molecule has 2 aromatic carbocycles. The van der Waals surface area contributed by atoms with Gasteiger partial charge in [0.15, 0.2) is 0 Å². The Morgan fingerprint density at radius 2 is 1.77 bits per heavy atom. The summed E-state index contributed by atoms with van der Waals surface area (Å²) < 4.78 is 5.37. The molecule has 0 aliphatic carbocycles. The summed E-state index contributed by atoms with van der Waals surface area (Å²) in [7, 11) is 0. The molecular weight excluding hydrogens is 298 g/mol. The summed E-state index contributed by atoms with van der Waals surface area (Å²) in [6.07, 6.45) is 0. The van der Waals surface area contributed by atoms with Crippen LogP contribution in [0.25, 0.3) is 11.1 Å². The number of benzene rings is 2. The second-order valence-corrected chi connectivity index (χ2v) is 6.29. The highest BCUT2D eigenvalue weighted by Gasteiger charge is 2.19. The minimum atomic E-state index is -0.550. The molecule has 0 aliphatic heterocycles. The molecule has 0 aliphatic rings. The molecular formula is C18H16ClNO2. The summed E-state index contributed by atoms with van der Waals surface area (Å²) >= 11 is 6.23. The van der Waals surface area contributed by atoms with E-state index in [0.717, 1.165) is 11.1 Å². The fraction of sp³-hybridized carbons (Fsp3) is 0.222. The Hall–Kier alpha value is -2.31. The highest BCUT2D eigenvalue weighted by Crippen LogP contribution is 2.29. The molecule has 0 spiro atoms. The molecule has 0 unspecified atom stereocenters. The van der Waals surface area contributed by atoms with E-state index in [9.17, 15) is 4.79 Å². The molecule has 0 fully saturated rings. The predicted molar refractivity (Wildman–Crippen MR) is 86.8 cm³/mol. The standard InChI is InChI=1S/C18H16ClNO2/c1-18(2,3)22-17(21)14-8-9-16(19)15(10-14)13-6-4-12(11-20)5-7-13/h4-10H,1-3H3. The molecule has 3 nitrogen and oxygen atoms in total. The van der Waals surface area contributed by atoms with Gasteiger partial charge in [0, 0.05) is 10.6 Å². The minimum absolute atomic E-state index is 0.390. The first-order valence-electron chi connectivity index (χ1n) is 6.83. The van der Waals surface area contributed by atoms with Crippen LogP contribution in [0.2, 0.25) is 5.02 Å². The summed E-state index contributed by atoms with van der Waals surface area (Å²) in [5.41, 5.74) is 2.04. The number of ether oxygens (including phenoxy) is 1. The zero-order valence-electron chi connectivity index (χ0n) is 12.7. The number of carbonyl (C=O) groups excluding carboxylic acids is 1. The van der Waals surface area contributed by atoms with Gasteiger partial charge in [0.05, 0.1) is 17.2 Å². The average molecular weight is 314 g/mol.